The van der Waals surface area contributed by atoms with Crippen molar-refractivity contribution in [3.8, 4) is 17.5 Å². The monoisotopic (exact) mass is 433 g/mol. The topological polar surface area (TPSA) is 84.8 Å². The van der Waals surface area contributed by atoms with E-state index in [1.165, 1.54) is 23.9 Å². The number of carbonyl (C=O) groups is 1. The lowest BCUT2D eigenvalue weighted by molar-refractivity contribution is 0.0924. The van der Waals surface area contributed by atoms with E-state index in [2.05, 4.69) is 21.7 Å². The second-order valence-corrected chi connectivity index (χ2v) is 8.99. The number of nitriles is 1. The average molecular weight is 434 g/mol. The molecule has 2 bridgehead atoms. The summed E-state index contributed by atoms with van der Waals surface area (Å²) in [6, 6.07) is 16.0. The van der Waals surface area contributed by atoms with Gasteiger partial charge in [0.25, 0.3) is 5.91 Å². The summed E-state index contributed by atoms with van der Waals surface area (Å²) in [4.78, 5) is 16.5. The first-order valence-corrected chi connectivity index (χ1v) is 11.0. The van der Waals surface area contributed by atoms with Gasteiger partial charge in [-0.2, -0.15) is 10.4 Å². The summed E-state index contributed by atoms with van der Waals surface area (Å²) in [6.07, 6.45) is 4.21. The van der Waals surface area contributed by atoms with Gasteiger partial charge in [0.2, 0.25) is 0 Å². The zero-order valence-electron chi connectivity index (χ0n) is 16.6. The highest BCUT2D eigenvalue weighted by Crippen LogP contribution is 2.38. The first kappa shape index (κ1) is 19.6. The van der Waals surface area contributed by atoms with E-state index in [0.717, 1.165) is 28.2 Å². The molecule has 2 N–H and O–H groups in total. The largest absolute Gasteiger partial charge is 0.346 e. The third kappa shape index (κ3) is 3.77. The van der Waals surface area contributed by atoms with Crippen LogP contribution in [0.5, 0.6) is 0 Å². The van der Waals surface area contributed by atoms with Crippen LogP contribution in [0.4, 0.5) is 4.39 Å². The number of carbonyl (C=O) groups excluding carboxylic acids is 1. The Balaban J connectivity index is 1.34. The molecule has 2 aliphatic rings. The molecule has 1 amide bonds. The summed E-state index contributed by atoms with van der Waals surface area (Å²) in [5, 5.41) is 19.6. The molecule has 0 spiro atoms. The number of rotatable bonds is 5. The molecule has 2 unspecified atom stereocenters. The van der Waals surface area contributed by atoms with E-state index in [-0.39, 0.29) is 23.8 Å². The minimum Gasteiger partial charge on any atom is -0.346 e. The summed E-state index contributed by atoms with van der Waals surface area (Å²) in [5.74, 6) is -0.151. The van der Waals surface area contributed by atoms with E-state index in [1.807, 2.05) is 24.3 Å². The van der Waals surface area contributed by atoms with Crippen molar-refractivity contribution in [1.82, 2.24) is 20.4 Å². The third-order valence-electron chi connectivity index (χ3n) is 6.04. The minimum absolute atomic E-state index is 0.000202. The summed E-state index contributed by atoms with van der Waals surface area (Å²) < 4.78 is 13.2. The van der Waals surface area contributed by atoms with Crippen LogP contribution in [0.3, 0.4) is 0 Å². The Morgan fingerprint density at radius 3 is 2.81 bits per heavy atom. The number of aromatic amines is 1. The van der Waals surface area contributed by atoms with Crippen molar-refractivity contribution in [1.29, 1.82) is 5.26 Å². The second kappa shape index (κ2) is 8.08. The van der Waals surface area contributed by atoms with Crippen molar-refractivity contribution in [2.24, 2.45) is 5.92 Å². The average Bonchev–Trinajstić information content (AvgIpc) is 3.51. The number of aromatic nitrogens is 2. The molecular weight excluding hydrogens is 413 g/mol. The maximum Gasteiger partial charge on any atom is 0.269 e. The highest BCUT2D eigenvalue weighted by molar-refractivity contribution is 7.99. The van der Waals surface area contributed by atoms with Gasteiger partial charge >= 0.3 is 0 Å². The molecule has 3 atom stereocenters. The van der Waals surface area contributed by atoms with Crippen LogP contribution < -0.4 is 5.32 Å². The van der Waals surface area contributed by atoms with Gasteiger partial charge in [-0.05, 0) is 55.2 Å². The molecule has 31 heavy (non-hydrogen) atoms. The van der Waals surface area contributed by atoms with Crippen LogP contribution in [-0.4, -0.2) is 39.6 Å². The Bertz CT molecular complexity index is 1160. The summed E-state index contributed by atoms with van der Waals surface area (Å²) in [7, 11) is 0. The molecule has 2 fully saturated rings. The molecule has 1 aliphatic heterocycles. The van der Waals surface area contributed by atoms with Crippen molar-refractivity contribution in [2.45, 2.75) is 34.7 Å². The first-order chi connectivity index (χ1) is 15.1. The number of nitrogens with zero attached hydrogens (tertiary/aromatic N) is 3. The number of H-pyrrole nitrogens is 1. The van der Waals surface area contributed by atoms with Crippen molar-refractivity contribution in [3.63, 3.8) is 0 Å². The normalized spacial score (nSPS) is 21.8. The number of piperidine rings is 1. The molecule has 5 rings (SSSR count). The lowest BCUT2D eigenvalue weighted by Crippen LogP contribution is -2.42. The van der Waals surface area contributed by atoms with Crippen LogP contribution in [0.1, 0.15) is 23.3 Å². The summed E-state index contributed by atoms with van der Waals surface area (Å²) in [5.41, 5.74) is 1.96. The van der Waals surface area contributed by atoms with Gasteiger partial charge in [0, 0.05) is 21.9 Å². The Labute approximate surface area is 183 Å². The van der Waals surface area contributed by atoms with Crippen molar-refractivity contribution < 1.29 is 9.18 Å². The van der Waals surface area contributed by atoms with E-state index >= 15 is 0 Å². The van der Waals surface area contributed by atoms with E-state index in [9.17, 15) is 14.4 Å². The van der Waals surface area contributed by atoms with Crippen LogP contribution in [0, 0.1) is 23.2 Å². The Kier molecular flexibility index (Phi) is 5.12. The van der Waals surface area contributed by atoms with Gasteiger partial charge in [0.15, 0.2) is 6.19 Å². The van der Waals surface area contributed by atoms with E-state index < -0.39 is 0 Å². The Morgan fingerprint density at radius 1 is 1.23 bits per heavy atom. The number of halogens is 1. The number of hydrogen-bond donors (Lipinski definition) is 2. The molecule has 3 aromatic rings. The number of amides is 1. The van der Waals surface area contributed by atoms with Crippen LogP contribution in [0.2, 0.25) is 0 Å². The fourth-order valence-electron chi connectivity index (χ4n) is 4.53. The minimum atomic E-state index is -0.269. The van der Waals surface area contributed by atoms with E-state index in [1.54, 1.807) is 23.1 Å². The maximum absolute atomic E-state index is 13.2. The highest BCUT2D eigenvalue weighted by Gasteiger charge is 2.47. The molecule has 1 aromatic heterocycles. The molecule has 2 aromatic carbocycles. The Morgan fingerprint density at radius 2 is 2.03 bits per heavy atom. The van der Waals surface area contributed by atoms with Gasteiger partial charge in [-0.1, -0.05) is 30.0 Å². The quantitative estimate of drug-likeness (QED) is 0.593. The van der Waals surface area contributed by atoms with Gasteiger partial charge < -0.3 is 10.2 Å². The smallest absolute Gasteiger partial charge is 0.269 e. The third-order valence-corrected chi connectivity index (χ3v) is 7.12. The zero-order chi connectivity index (χ0) is 21.4. The van der Waals surface area contributed by atoms with Crippen LogP contribution >= 0.6 is 11.8 Å². The fraction of sp³-hybridized carbons (Fsp3) is 0.261. The lowest BCUT2D eigenvalue weighted by atomic mass is 10.1. The second-order valence-electron chi connectivity index (χ2n) is 7.88. The number of benzene rings is 2. The molecule has 6 nitrogen and oxygen atoms in total. The van der Waals surface area contributed by atoms with Crippen molar-refractivity contribution in [2.75, 3.05) is 6.54 Å². The zero-order valence-corrected chi connectivity index (χ0v) is 17.4. The predicted octanol–water partition coefficient (Wildman–Crippen LogP) is 4.04. The molecule has 0 radical (unpaired) electrons. The van der Waals surface area contributed by atoms with Crippen LogP contribution in [0.25, 0.3) is 11.3 Å². The van der Waals surface area contributed by atoms with Crippen molar-refractivity contribution >= 4 is 17.7 Å². The Hall–Kier alpha value is -3.31. The predicted molar refractivity (Wildman–Crippen MR) is 115 cm³/mol. The maximum atomic E-state index is 13.2. The SMILES string of the molecule is N#CN1CC2CCC1[C@@H]2NC(=O)c1cc(-c2ccccc2Sc2ccc(F)cc2)n[nH]1. The number of likely N-dealkylation sites (tertiary alicyclic amines) is 1. The molecule has 1 saturated heterocycles. The molecule has 1 saturated carbocycles. The number of nitrogens with one attached hydrogen (secondary N) is 2. The van der Waals surface area contributed by atoms with E-state index in [4.69, 9.17) is 0 Å². The number of hydrogen-bond acceptors (Lipinski definition) is 5. The van der Waals surface area contributed by atoms with E-state index in [0.29, 0.717) is 23.9 Å². The molecule has 8 heteroatoms. The summed E-state index contributed by atoms with van der Waals surface area (Å²) in [6.45, 7) is 0.717. The van der Waals surface area contributed by atoms with Gasteiger partial charge in [0.1, 0.15) is 11.5 Å². The standard InChI is InChI=1S/C23H20FN5OS/c24-15-6-8-16(9-7-15)31-21-4-2-1-3-17(21)18-11-19(28-27-18)23(30)26-22-14-5-10-20(22)29(12-14)13-25/h1-4,6-9,11,14,20,22H,5,10,12H2,(H,26,30)(H,27,28)/t14?,20?,22-/m1/s1. The van der Waals surface area contributed by atoms with Crippen LogP contribution in [0.15, 0.2) is 64.4 Å². The van der Waals surface area contributed by atoms with Crippen molar-refractivity contribution in [3.05, 3.63) is 66.1 Å². The summed E-state index contributed by atoms with van der Waals surface area (Å²) >= 11 is 1.52. The van der Waals surface area contributed by atoms with Gasteiger partial charge in [-0.25, -0.2) is 4.39 Å². The van der Waals surface area contributed by atoms with Gasteiger partial charge in [0.05, 0.1) is 17.8 Å². The van der Waals surface area contributed by atoms with Gasteiger partial charge in [-0.15, -0.1) is 0 Å². The number of fused-ring (bicyclic) bond motifs is 2. The molecule has 156 valence electrons. The lowest BCUT2D eigenvalue weighted by Gasteiger charge is -2.21. The highest BCUT2D eigenvalue weighted by atomic mass is 32.2. The molecule has 1 aliphatic carbocycles. The first-order valence-electron chi connectivity index (χ1n) is 10.2. The molecule has 2 heterocycles. The fourth-order valence-corrected chi connectivity index (χ4v) is 5.49. The van der Waals surface area contributed by atoms with Crippen LogP contribution in [-0.2, 0) is 0 Å². The van der Waals surface area contributed by atoms with Gasteiger partial charge in [-0.3, -0.25) is 9.89 Å². The molecular formula is C23H20FN5OS.